The summed E-state index contributed by atoms with van der Waals surface area (Å²) in [6.07, 6.45) is 5.40. The second-order valence-electron chi connectivity index (χ2n) is 9.12. The second-order valence-corrected chi connectivity index (χ2v) is 9.12. The molecule has 1 aliphatic heterocycles. The van der Waals surface area contributed by atoms with Gasteiger partial charge in [0.25, 0.3) is 5.91 Å². The zero-order chi connectivity index (χ0) is 26.2. The number of hydrogen-bond donors (Lipinski definition) is 1. The molecule has 9 nitrogen and oxygen atoms in total. The molecular formula is C28H25FN6O3. The molecule has 4 heterocycles. The van der Waals surface area contributed by atoms with Gasteiger partial charge >= 0.3 is 0 Å². The molecule has 1 fully saturated rings. The molecule has 10 heteroatoms. The topological polar surface area (TPSA) is 97.8 Å². The van der Waals surface area contributed by atoms with Gasteiger partial charge in [0, 0.05) is 61.1 Å². The van der Waals surface area contributed by atoms with Crippen LogP contribution < -0.4 is 10.2 Å². The summed E-state index contributed by atoms with van der Waals surface area (Å²) in [6, 6.07) is 12.6. The molecule has 1 aliphatic rings. The highest BCUT2D eigenvalue weighted by Gasteiger charge is 2.18. The van der Waals surface area contributed by atoms with Crippen LogP contribution in [0.5, 0.6) is 0 Å². The molecule has 0 unspecified atom stereocenters. The van der Waals surface area contributed by atoms with Gasteiger partial charge in [-0.1, -0.05) is 12.1 Å². The first-order chi connectivity index (χ1) is 18.4. The van der Waals surface area contributed by atoms with E-state index in [2.05, 4.69) is 49.4 Å². The van der Waals surface area contributed by atoms with Crippen molar-refractivity contribution in [1.82, 2.24) is 19.4 Å². The molecule has 1 amide bonds. The van der Waals surface area contributed by atoms with Crippen molar-refractivity contribution in [3.63, 3.8) is 0 Å². The third-order valence-corrected chi connectivity index (χ3v) is 6.50. The predicted octanol–water partition coefficient (Wildman–Crippen LogP) is 4.90. The van der Waals surface area contributed by atoms with Gasteiger partial charge in [-0.15, -0.1) is 0 Å². The van der Waals surface area contributed by atoms with Crippen molar-refractivity contribution >= 4 is 23.1 Å². The Morgan fingerprint density at radius 2 is 1.79 bits per heavy atom. The number of aromatic nitrogens is 4. The third kappa shape index (κ3) is 4.61. The molecule has 192 valence electrons. The SMILES string of the molecule is Cc1nc(C)c(C(=O)Nc2ccc(F)c(-c3cn4cc(-c5ccc(N6CCOCC6)cc5)cnc4n3)c2)o1. The number of carbonyl (C=O) groups excluding carboxylic acids is 1. The van der Waals surface area contributed by atoms with Crippen molar-refractivity contribution in [2.24, 2.45) is 0 Å². The highest BCUT2D eigenvalue weighted by molar-refractivity contribution is 6.03. The number of hydrogen-bond acceptors (Lipinski definition) is 7. The number of aryl methyl sites for hydroxylation is 2. The molecule has 0 radical (unpaired) electrons. The molecule has 1 saturated heterocycles. The number of nitrogens with zero attached hydrogens (tertiary/aromatic N) is 5. The largest absolute Gasteiger partial charge is 0.436 e. The fourth-order valence-corrected chi connectivity index (χ4v) is 4.58. The number of halogens is 1. The number of fused-ring (bicyclic) bond motifs is 1. The molecule has 6 rings (SSSR count). The minimum absolute atomic E-state index is 0.121. The number of amides is 1. The number of nitrogens with one attached hydrogen (secondary N) is 1. The molecule has 1 N–H and O–H groups in total. The Morgan fingerprint density at radius 1 is 1.00 bits per heavy atom. The lowest BCUT2D eigenvalue weighted by Gasteiger charge is -2.28. The van der Waals surface area contributed by atoms with Gasteiger partial charge in [0.05, 0.1) is 24.6 Å². The fourth-order valence-electron chi connectivity index (χ4n) is 4.58. The Kier molecular flexibility index (Phi) is 6.09. The van der Waals surface area contributed by atoms with E-state index in [0.29, 0.717) is 28.7 Å². The van der Waals surface area contributed by atoms with E-state index in [4.69, 9.17) is 9.15 Å². The first-order valence-electron chi connectivity index (χ1n) is 12.3. The van der Waals surface area contributed by atoms with Crippen LogP contribution in [0.15, 0.2) is 65.5 Å². The molecule has 0 aliphatic carbocycles. The van der Waals surface area contributed by atoms with Crippen molar-refractivity contribution in [2.75, 3.05) is 36.5 Å². The summed E-state index contributed by atoms with van der Waals surface area (Å²) in [5.41, 5.74) is 4.63. The van der Waals surface area contributed by atoms with E-state index in [1.54, 1.807) is 36.7 Å². The molecule has 3 aromatic heterocycles. The number of benzene rings is 2. The Hall–Kier alpha value is -4.57. The van der Waals surface area contributed by atoms with E-state index in [1.807, 2.05) is 6.20 Å². The number of imidazole rings is 1. The quantitative estimate of drug-likeness (QED) is 0.358. The van der Waals surface area contributed by atoms with E-state index in [1.165, 1.54) is 12.1 Å². The van der Waals surface area contributed by atoms with Crippen molar-refractivity contribution < 1.29 is 18.3 Å². The second kappa shape index (κ2) is 9.71. The maximum atomic E-state index is 14.8. The van der Waals surface area contributed by atoms with Crippen LogP contribution >= 0.6 is 0 Å². The molecule has 0 saturated carbocycles. The maximum absolute atomic E-state index is 14.8. The summed E-state index contributed by atoms with van der Waals surface area (Å²) in [4.78, 5) is 28.0. The van der Waals surface area contributed by atoms with Crippen LogP contribution in [0.3, 0.4) is 0 Å². The Bertz CT molecular complexity index is 1640. The summed E-state index contributed by atoms with van der Waals surface area (Å²) < 4.78 is 27.4. The van der Waals surface area contributed by atoms with Gasteiger partial charge in [-0.3, -0.25) is 9.20 Å². The minimum Gasteiger partial charge on any atom is -0.436 e. The number of morpholine rings is 1. The normalized spacial score (nSPS) is 13.7. The summed E-state index contributed by atoms with van der Waals surface area (Å²) in [5.74, 6) is 0.0433. The molecular weight excluding hydrogens is 487 g/mol. The number of oxazole rings is 1. The van der Waals surface area contributed by atoms with Crippen molar-refractivity contribution in [1.29, 1.82) is 0 Å². The summed E-state index contributed by atoms with van der Waals surface area (Å²) in [5, 5.41) is 2.74. The zero-order valence-electron chi connectivity index (χ0n) is 20.9. The summed E-state index contributed by atoms with van der Waals surface area (Å²) >= 11 is 0. The van der Waals surface area contributed by atoms with Crippen molar-refractivity contribution in [3.8, 4) is 22.4 Å². The minimum atomic E-state index is -0.461. The third-order valence-electron chi connectivity index (χ3n) is 6.50. The predicted molar refractivity (Wildman–Crippen MR) is 141 cm³/mol. The van der Waals surface area contributed by atoms with Gasteiger partial charge in [0.15, 0.2) is 5.89 Å². The standard InChI is InChI=1S/C28H25FN6O3/c1-17-26(38-18(2)31-17)27(36)32-21-5-8-24(29)23(13-21)25-16-35-15-20(14-30-28(35)33-25)19-3-6-22(7-4-19)34-9-11-37-12-10-34/h3-8,13-16H,9-12H2,1-2H3,(H,32,36). The van der Waals surface area contributed by atoms with Gasteiger partial charge in [0.2, 0.25) is 11.5 Å². The van der Waals surface area contributed by atoms with E-state index < -0.39 is 11.7 Å². The van der Waals surface area contributed by atoms with Crippen molar-refractivity contribution in [2.45, 2.75) is 13.8 Å². The molecule has 0 spiro atoms. The average molecular weight is 513 g/mol. The van der Waals surface area contributed by atoms with Gasteiger partial charge in [-0.25, -0.2) is 19.3 Å². The number of anilines is 2. The first kappa shape index (κ1) is 23.8. The monoisotopic (exact) mass is 512 g/mol. The highest BCUT2D eigenvalue weighted by atomic mass is 19.1. The number of ether oxygens (including phenoxy) is 1. The summed E-state index contributed by atoms with van der Waals surface area (Å²) in [6.45, 7) is 6.60. The van der Waals surface area contributed by atoms with E-state index >= 15 is 0 Å². The smallest absolute Gasteiger partial charge is 0.293 e. The van der Waals surface area contributed by atoms with Crippen LogP contribution in [-0.4, -0.2) is 51.6 Å². The molecule has 0 atom stereocenters. The van der Waals surface area contributed by atoms with Crippen molar-refractivity contribution in [3.05, 3.63) is 84.2 Å². The lowest BCUT2D eigenvalue weighted by atomic mass is 10.1. The van der Waals surface area contributed by atoms with Crippen LogP contribution in [0.25, 0.3) is 28.2 Å². The summed E-state index contributed by atoms with van der Waals surface area (Å²) in [7, 11) is 0. The van der Waals surface area contributed by atoms with Crippen LogP contribution in [-0.2, 0) is 4.74 Å². The van der Waals surface area contributed by atoms with Gasteiger partial charge in [0.1, 0.15) is 5.82 Å². The van der Waals surface area contributed by atoms with E-state index in [-0.39, 0.29) is 11.3 Å². The Labute approximate surface area is 217 Å². The Balaban J connectivity index is 1.25. The number of rotatable bonds is 5. The molecule has 0 bridgehead atoms. The van der Waals surface area contributed by atoms with Gasteiger partial charge < -0.3 is 19.4 Å². The zero-order valence-corrected chi connectivity index (χ0v) is 20.9. The lowest BCUT2D eigenvalue weighted by Crippen LogP contribution is -2.36. The van der Waals surface area contributed by atoms with Crippen LogP contribution in [0, 0.1) is 19.7 Å². The maximum Gasteiger partial charge on any atom is 0.293 e. The van der Waals surface area contributed by atoms with Gasteiger partial charge in [-0.2, -0.15) is 0 Å². The lowest BCUT2D eigenvalue weighted by molar-refractivity contribution is 0.0994. The van der Waals surface area contributed by atoms with Gasteiger partial charge in [-0.05, 0) is 42.8 Å². The van der Waals surface area contributed by atoms with Crippen LogP contribution in [0.1, 0.15) is 22.1 Å². The Morgan fingerprint density at radius 3 is 2.53 bits per heavy atom. The molecule has 5 aromatic rings. The average Bonchev–Trinajstić information content (AvgIpc) is 3.52. The van der Waals surface area contributed by atoms with Crippen LogP contribution in [0.4, 0.5) is 15.8 Å². The first-order valence-corrected chi connectivity index (χ1v) is 12.3. The molecule has 38 heavy (non-hydrogen) atoms. The molecule has 2 aromatic carbocycles. The number of carbonyl (C=O) groups is 1. The van der Waals surface area contributed by atoms with E-state index in [9.17, 15) is 9.18 Å². The highest BCUT2D eigenvalue weighted by Crippen LogP contribution is 2.28. The fraction of sp³-hybridized carbons (Fsp3) is 0.214. The van der Waals surface area contributed by atoms with E-state index in [0.717, 1.165) is 43.1 Å². The van der Waals surface area contributed by atoms with Crippen LogP contribution in [0.2, 0.25) is 0 Å².